The number of halogens is 2. The normalized spacial score (nSPS) is 10.6. The van der Waals surface area contributed by atoms with Crippen molar-refractivity contribution in [1.29, 1.82) is 0 Å². The second kappa shape index (κ2) is 3.66. The summed E-state index contributed by atoms with van der Waals surface area (Å²) in [5, 5.41) is 3.57. The van der Waals surface area contributed by atoms with Gasteiger partial charge in [-0.2, -0.15) is 0 Å². The van der Waals surface area contributed by atoms with Gasteiger partial charge < -0.3 is 10.3 Å². The number of aromatic nitrogens is 1. The highest BCUT2D eigenvalue weighted by Crippen LogP contribution is 2.28. The van der Waals surface area contributed by atoms with Gasteiger partial charge in [-0.3, -0.25) is 0 Å². The fraction of sp³-hybridized carbons (Fsp3) is 0.100. The van der Waals surface area contributed by atoms with Crippen molar-refractivity contribution in [2.24, 2.45) is 0 Å². The highest BCUT2D eigenvalue weighted by atomic mass is 79.9. The molecule has 1 aromatic heterocycles. The minimum absolute atomic E-state index is 0.272. The summed E-state index contributed by atoms with van der Waals surface area (Å²) in [5.41, 5.74) is 6.71. The van der Waals surface area contributed by atoms with Crippen LogP contribution >= 0.6 is 15.9 Å². The Hall–Kier alpha value is -1.36. The second-order valence-electron chi connectivity index (χ2n) is 3.20. The molecule has 2 aromatic rings. The van der Waals surface area contributed by atoms with Crippen molar-refractivity contribution in [3.63, 3.8) is 0 Å². The van der Waals surface area contributed by atoms with E-state index in [1.54, 1.807) is 25.1 Å². The third-order valence-corrected chi connectivity index (χ3v) is 2.60. The Kier molecular flexibility index (Phi) is 2.48. The first kappa shape index (κ1) is 10.2. The van der Waals surface area contributed by atoms with Gasteiger partial charge in [0.05, 0.1) is 4.47 Å². The molecule has 15 heavy (non-hydrogen) atoms. The van der Waals surface area contributed by atoms with Crippen LogP contribution in [-0.4, -0.2) is 5.16 Å². The molecule has 0 aliphatic carbocycles. The Labute approximate surface area is 94.2 Å². The topological polar surface area (TPSA) is 52.0 Å². The first-order valence-electron chi connectivity index (χ1n) is 4.26. The second-order valence-corrected chi connectivity index (χ2v) is 4.06. The molecule has 0 amide bonds. The third kappa shape index (κ3) is 1.87. The summed E-state index contributed by atoms with van der Waals surface area (Å²) in [7, 11) is 0. The quantitative estimate of drug-likeness (QED) is 0.866. The summed E-state index contributed by atoms with van der Waals surface area (Å²) in [5.74, 6) is 0.561. The maximum Gasteiger partial charge on any atom is 0.169 e. The zero-order valence-corrected chi connectivity index (χ0v) is 9.51. The van der Waals surface area contributed by atoms with Crippen LogP contribution in [0.25, 0.3) is 11.3 Å². The molecule has 0 spiro atoms. The number of hydrogen-bond acceptors (Lipinski definition) is 3. The van der Waals surface area contributed by atoms with Gasteiger partial charge in [0.2, 0.25) is 0 Å². The lowest BCUT2D eigenvalue weighted by Gasteiger charge is -2.02. The number of nitrogens with two attached hydrogens (primary N) is 1. The Morgan fingerprint density at radius 2 is 2.13 bits per heavy atom. The molecule has 0 bridgehead atoms. The van der Waals surface area contributed by atoms with Crippen LogP contribution in [0.2, 0.25) is 0 Å². The van der Waals surface area contributed by atoms with Crippen molar-refractivity contribution in [3.05, 3.63) is 34.1 Å². The van der Waals surface area contributed by atoms with Crippen LogP contribution in [-0.2, 0) is 0 Å². The van der Waals surface area contributed by atoms with Gasteiger partial charge in [-0.05, 0) is 40.5 Å². The molecule has 2 rings (SSSR count). The maximum absolute atomic E-state index is 13.3. The number of rotatable bonds is 1. The lowest BCUT2D eigenvalue weighted by atomic mass is 10.1. The van der Waals surface area contributed by atoms with Crippen molar-refractivity contribution in [3.8, 4) is 11.3 Å². The number of hydrogen-bond donors (Lipinski definition) is 1. The molecule has 1 aromatic carbocycles. The van der Waals surface area contributed by atoms with Crippen LogP contribution in [0.1, 0.15) is 5.56 Å². The Morgan fingerprint density at radius 1 is 1.40 bits per heavy atom. The van der Waals surface area contributed by atoms with Crippen molar-refractivity contribution in [1.82, 2.24) is 5.16 Å². The monoisotopic (exact) mass is 270 g/mol. The molecule has 0 aliphatic rings. The highest BCUT2D eigenvalue weighted by molar-refractivity contribution is 9.10. The zero-order chi connectivity index (χ0) is 11.0. The van der Waals surface area contributed by atoms with Crippen LogP contribution in [0, 0.1) is 12.7 Å². The van der Waals surface area contributed by atoms with E-state index in [4.69, 9.17) is 10.3 Å². The Morgan fingerprint density at radius 3 is 2.67 bits per heavy atom. The van der Waals surface area contributed by atoms with Crippen LogP contribution in [0.3, 0.4) is 0 Å². The molecule has 3 nitrogen and oxygen atoms in total. The van der Waals surface area contributed by atoms with Gasteiger partial charge in [0.25, 0.3) is 0 Å². The molecule has 0 saturated carbocycles. The van der Waals surface area contributed by atoms with Crippen molar-refractivity contribution >= 4 is 21.7 Å². The Bertz CT molecular complexity index is 487. The molecule has 1 heterocycles. The largest absolute Gasteiger partial charge is 0.381 e. The molecular formula is C10H8BrFN2O. The minimum atomic E-state index is -0.272. The summed E-state index contributed by atoms with van der Waals surface area (Å²) in [6.45, 7) is 1.68. The van der Waals surface area contributed by atoms with E-state index in [-0.39, 0.29) is 5.82 Å². The fourth-order valence-corrected chi connectivity index (χ4v) is 1.85. The van der Waals surface area contributed by atoms with Gasteiger partial charge in [0, 0.05) is 11.6 Å². The summed E-state index contributed by atoms with van der Waals surface area (Å²) < 4.78 is 18.7. The van der Waals surface area contributed by atoms with E-state index in [0.29, 0.717) is 21.6 Å². The molecule has 0 fully saturated rings. The van der Waals surface area contributed by atoms with Crippen molar-refractivity contribution in [2.45, 2.75) is 6.92 Å². The van der Waals surface area contributed by atoms with Crippen LogP contribution in [0.15, 0.2) is 27.2 Å². The van der Waals surface area contributed by atoms with Crippen LogP contribution in [0.4, 0.5) is 10.2 Å². The number of nitrogens with zero attached hydrogens (tertiary/aromatic N) is 1. The first-order chi connectivity index (χ1) is 7.08. The average Bonchev–Trinajstić information content (AvgIpc) is 2.60. The van der Waals surface area contributed by atoms with Gasteiger partial charge in [-0.1, -0.05) is 5.16 Å². The number of anilines is 1. The molecule has 0 radical (unpaired) electrons. The van der Waals surface area contributed by atoms with E-state index in [0.717, 1.165) is 5.56 Å². The molecule has 2 N–H and O–H groups in total. The van der Waals surface area contributed by atoms with E-state index in [9.17, 15) is 4.39 Å². The molecule has 5 heteroatoms. The number of nitrogen functional groups attached to an aromatic ring is 1. The minimum Gasteiger partial charge on any atom is -0.381 e. The van der Waals surface area contributed by atoms with Crippen molar-refractivity contribution < 1.29 is 8.91 Å². The first-order valence-corrected chi connectivity index (χ1v) is 5.05. The molecule has 0 aliphatic heterocycles. The van der Waals surface area contributed by atoms with Gasteiger partial charge in [-0.25, -0.2) is 4.39 Å². The van der Waals surface area contributed by atoms with E-state index in [2.05, 4.69) is 21.1 Å². The summed E-state index contributed by atoms with van der Waals surface area (Å²) in [6, 6.07) is 4.90. The van der Waals surface area contributed by atoms with E-state index >= 15 is 0 Å². The highest BCUT2D eigenvalue weighted by Gasteiger charge is 2.10. The summed E-state index contributed by atoms with van der Waals surface area (Å²) in [6.07, 6.45) is 0. The van der Waals surface area contributed by atoms with E-state index < -0.39 is 0 Å². The van der Waals surface area contributed by atoms with E-state index in [1.807, 2.05) is 0 Å². The van der Waals surface area contributed by atoms with Gasteiger partial charge in [0.1, 0.15) is 5.82 Å². The summed E-state index contributed by atoms with van der Waals surface area (Å²) in [4.78, 5) is 0. The van der Waals surface area contributed by atoms with Gasteiger partial charge in [0.15, 0.2) is 11.6 Å². The number of aryl methyl sites for hydroxylation is 1. The molecule has 0 atom stereocenters. The third-order valence-electron chi connectivity index (χ3n) is 2.02. The number of benzene rings is 1. The lowest BCUT2D eigenvalue weighted by Crippen LogP contribution is -1.86. The van der Waals surface area contributed by atoms with Crippen molar-refractivity contribution in [2.75, 3.05) is 5.73 Å². The predicted molar refractivity (Wildman–Crippen MR) is 58.7 cm³/mol. The summed E-state index contributed by atoms with van der Waals surface area (Å²) >= 11 is 3.13. The molecule has 78 valence electrons. The SMILES string of the molecule is Cc1cc(-c2cc(N)no2)cc(Br)c1F. The maximum atomic E-state index is 13.3. The molecular weight excluding hydrogens is 263 g/mol. The zero-order valence-electron chi connectivity index (χ0n) is 7.92. The predicted octanol–water partition coefficient (Wildman–Crippen LogP) is 3.13. The van der Waals surface area contributed by atoms with E-state index in [1.165, 1.54) is 0 Å². The van der Waals surface area contributed by atoms with Gasteiger partial charge in [-0.15, -0.1) is 0 Å². The molecule has 0 unspecified atom stereocenters. The lowest BCUT2D eigenvalue weighted by molar-refractivity contribution is 0.435. The standard InChI is InChI=1S/C10H8BrFN2O/c1-5-2-6(3-7(11)10(5)12)8-4-9(13)14-15-8/h2-4H,1H3,(H2,13,14). The smallest absolute Gasteiger partial charge is 0.169 e. The Balaban J connectivity index is 2.55. The fourth-order valence-electron chi connectivity index (χ4n) is 1.29. The van der Waals surface area contributed by atoms with Gasteiger partial charge >= 0.3 is 0 Å². The van der Waals surface area contributed by atoms with Crippen LogP contribution < -0.4 is 5.73 Å². The average molecular weight is 271 g/mol. The molecule has 0 saturated heterocycles. The van der Waals surface area contributed by atoms with Crippen LogP contribution in [0.5, 0.6) is 0 Å².